The zero-order valence-electron chi connectivity index (χ0n) is 20.2. The Bertz CT molecular complexity index is 1230. The fourth-order valence-electron chi connectivity index (χ4n) is 2.69. The molecule has 4 aromatic rings. The maximum Gasteiger partial charge on any atom is 2.00 e. The van der Waals surface area contributed by atoms with Gasteiger partial charge in [0.1, 0.15) is 0 Å². The average molecular weight is 578 g/mol. The number of nitrogens with zero attached hydrogens (tertiary/aromatic N) is 6. The van der Waals surface area contributed by atoms with E-state index < -0.39 is 0 Å². The molecule has 2 aromatic heterocycles. The second-order valence-electron chi connectivity index (χ2n) is 7.54. The summed E-state index contributed by atoms with van der Waals surface area (Å²) in [5.41, 5.74) is 4.58. The van der Waals surface area contributed by atoms with Crippen LogP contribution in [0.25, 0.3) is 0 Å². The van der Waals surface area contributed by atoms with Crippen LogP contribution in [0.5, 0.6) is 0 Å². The quantitative estimate of drug-likeness (QED) is 0.151. The molecule has 0 amide bonds. The summed E-state index contributed by atoms with van der Waals surface area (Å²) < 4.78 is 0. The number of pyridine rings is 2. The van der Waals surface area contributed by atoms with Gasteiger partial charge in [-0.05, 0) is 49.2 Å². The van der Waals surface area contributed by atoms with Crippen LogP contribution in [0.4, 0.5) is 0 Å². The molecule has 0 N–H and O–H groups in total. The second-order valence-corrected chi connectivity index (χ2v) is 7.54. The Morgan fingerprint density at radius 1 is 0.595 bits per heavy atom. The fourth-order valence-corrected chi connectivity index (χ4v) is 2.69. The third-order valence-corrected chi connectivity index (χ3v) is 4.65. The van der Waals surface area contributed by atoms with Crippen LogP contribution in [-0.4, -0.2) is 34.2 Å². The molecular formula is C28H24N6O2Ru. The molecule has 8 nitrogen and oxygen atoms in total. The SMILES string of the molecule is Cc1ccc(/C([O-])=N/N=C/c2ccccn2)cc1.Cc1ccc(/C([O-])=N/N=C/c2ccccn2)cc1.[Ru+2]. The Morgan fingerprint density at radius 2 is 0.973 bits per heavy atom. The average Bonchev–Trinajstić information content (AvgIpc) is 2.91. The fraction of sp³-hybridized carbons (Fsp3) is 0.0714. The Kier molecular flexibility index (Phi) is 12.2. The first-order valence-corrected chi connectivity index (χ1v) is 11.0. The summed E-state index contributed by atoms with van der Waals surface area (Å²) >= 11 is 0. The van der Waals surface area contributed by atoms with Crippen LogP contribution in [-0.2, 0) is 19.5 Å². The van der Waals surface area contributed by atoms with Crippen molar-refractivity contribution in [1.82, 2.24) is 9.97 Å². The van der Waals surface area contributed by atoms with E-state index in [9.17, 15) is 10.2 Å². The van der Waals surface area contributed by atoms with Crippen molar-refractivity contribution < 1.29 is 29.7 Å². The van der Waals surface area contributed by atoms with Crippen LogP contribution >= 0.6 is 0 Å². The molecule has 0 aliphatic rings. The predicted molar refractivity (Wildman–Crippen MR) is 139 cm³/mol. The van der Waals surface area contributed by atoms with Gasteiger partial charge >= 0.3 is 19.5 Å². The molecule has 2 heterocycles. The van der Waals surface area contributed by atoms with Crippen molar-refractivity contribution in [2.24, 2.45) is 20.4 Å². The number of hydrogen-bond donors (Lipinski definition) is 0. The van der Waals surface area contributed by atoms with Crippen molar-refractivity contribution in [2.75, 3.05) is 0 Å². The maximum atomic E-state index is 11.6. The third kappa shape index (κ3) is 10.4. The second kappa shape index (κ2) is 15.6. The van der Waals surface area contributed by atoms with E-state index in [4.69, 9.17) is 0 Å². The topological polar surface area (TPSA) is 121 Å². The van der Waals surface area contributed by atoms with Gasteiger partial charge < -0.3 is 10.2 Å². The molecular weight excluding hydrogens is 553 g/mol. The Balaban J connectivity index is 0.000000253. The van der Waals surface area contributed by atoms with Gasteiger partial charge in [0.15, 0.2) is 0 Å². The molecule has 186 valence electrons. The van der Waals surface area contributed by atoms with Crippen LogP contribution in [0.2, 0.25) is 0 Å². The van der Waals surface area contributed by atoms with Crippen molar-refractivity contribution >= 4 is 24.2 Å². The van der Waals surface area contributed by atoms with Gasteiger partial charge in [0.25, 0.3) is 0 Å². The summed E-state index contributed by atoms with van der Waals surface area (Å²) in [7, 11) is 0. The van der Waals surface area contributed by atoms with E-state index in [1.807, 2.05) is 62.4 Å². The van der Waals surface area contributed by atoms with E-state index in [-0.39, 0.29) is 31.3 Å². The van der Waals surface area contributed by atoms with E-state index >= 15 is 0 Å². The third-order valence-electron chi connectivity index (χ3n) is 4.65. The summed E-state index contributed by atoms with van der Waals surface area (Å²) in [6.45, 7) is 3.93. The zero-order valence-corrected chi connectivity index (χ0v) is 22.0. The van der Waals surface area contributed by atoms with Gasteiger partial charge in [0, 0.05) is 24.2 Å². The first-order chi connectivity index (χ1) is 17.5. The largest absolute Gasteiger partial charge is 2.00 e. The summed E-state index contributed by atoms with van der Waals surface area (Å²) in [5.74, 6) is -0.718. The molecule has 0 radical (unpaired) electrons. The van der Waals surface area contributed by atoms with E-state index in [0.717, 1.165) is 11.1 Å². The van der Waals surface area contributed by atoms with Crippen molar-refractivity contribution in [3.8, 4) is 0 Å². The molecule has 0 spiro atoms. The van der Waals surface area contributed by atoms with E-state index in [1.165, 1.54) is 12.4 Å². The molecule has 37 heavy (non-hydrogen) atoms. The molecule has 0 aliphatic carbocycles. The van der Waals surface area contributed by atoms with Gasteiger partial charge in [-0.2, -0.15) is 20.4 Å². The molecule has 0 bridgehead atoms. The van der Waals surface area contributed by atoms with E-state index in [0.29, 0.717) is 22.5 Å². The van der Waals surface area contributed by atoms with Crippen molar-refractivity contribution in [2.45, 2.75) is 13.8 Å². The smallest absolute Gasteiger partial charge is 0.857 e. The minimum absolute atomic E-state index is 0. The molecule has 9 heteroatoms. The molecule has 0 unspecified atom stereocenters. The minimum atomic E-state index is -0.359. The van der Waals surface area contributed by atoms with Crippen molar-refractivity contribution in [3.05, 3.63) is 131 Å². The molecule has 0 saturated heterocycles. The normalized spacial score (nSPS) is 11.6. The van der Waals surface area contributed by atoms with Crippen LogP contribution in [0.15, 0.2) is 118 Å². The maximum absolute atomic E-state index is 11.6. The molecule has 0 aliphatic heterocycles. The van der Waals surface area contributed by atoms with E-state index in [2.05, 4.69) is 30.4 Å². The zero-order chi connectivity index (χ0) is 25.6. The number of aryl methyl sites for hydroxylation is 2. The number of rotatable bonds is 6. The van der Waals surface area contributed by atoms with Crippen molar-refractivity contribution in [3.63, 3.8) is 0 Å². The van der Waals surface area contributed by atoms with Gasteiger partial charge in [0.05, 0.1) is 23.8 Å². The molecule has 0 fully saturated rings. The number of benzene rings is 2. The van der Waals surface area contributed by atoms with Crippen LogP contribution in [0.1, 0.15) is 33.6 Å². The molecule has 0 atom stereocenters. The van der Waals surface area contributed by atoms with Crippen LogP contribution in [0.3, 0.4) is 0 Å². The standard InChI is InChI=1S/2C14H13N3O.Ru/c2*1-11-5-7-12(8-6-11)14(18)17-16-10-13-4-2-3-9-15-13;/h2*2-10H,1H3,(H,17,18);/q;;+2/p-2/b2*16-10+;. The Labute approximate surface area is 228 Å². The van der Waals surface area contributed by atoms with Gasteiger partial charge in [-0.1, -0.05) is 71.8 Å². The first kappa shape index (κ1) is 28.9. The van der Waals surface area contributed by atoms with Crippen molar-refractivity contribution in [1.29, 1.82) is 0 Å². The van der Waals surface area contributed by atoms with Crippen LogP contribution < -0.4 is 10.2 Å². The number of hydrogen-bond acceptors (Lipinski definition) is 8. The number of aromatic nitrogens is 2. The first-order valence-electron chi connectivity index (χ1n) is 11.0. The Hall–Kier alpha value is -4.36. The minimum Gasteiger partial charge on any atom is -0.857 e. The van der Waals surface area contributed by atoms with E-state index in [1.54, 1.807) is 48.8 Å². The monoisotopic (exact) mass is 578 g/mol. The molecule has 4 rings (SSSR count). The Morgan fingerprint density at radius 3 is 1.30 bits per heavy atom. The summed E-state index contributed by atoms with van der Waals surface area (Å²) in [6.07, 6.45) is 6.21. The van der Waals surface area contributed by atoms with Gasteiger partial charge in [-0.3, -0.25) is 9.97 Å². The summed E-state index contributed by atoms with van der Waals surface area (Å²) in [6, 6.07) is 25.3. The summed E-state index contributed by atoms with van der Waals surface area (Å²) in [5, 5.41) is 38.0. The van der Waals surface area contributed by atoms with Gasteiger partial charge in [0.2, 0.25) is 0 Å². The molecule has 2 aromatic carbocycles. The summed E-state index contributed by atoms with van der Waals surface area (Å²) in [4.78, 5) is 8.08. The predicted octanol–water partition coefficient (Wildman–Crippen LogP) is 3.06. The van der Waals surface area contributed by atoms with Gasteiger partial charge in [-0.25, -0.2) is 0 Å². The van der Waals surface area contributed by atoms with Crippen LogP contribution in [0, 0.1) is 13.8 Å². The van der Waals surface area contributed by atoms with Gasteiger partial charge in [-0.15, -0.1) is 0 Å². The molecule has 0 saturated carbocycles.